The molecule has 0 unspecified atom stereocenters. The van der Waals surface area contributed by atoms with Gasteiger partial charge < -0.3 is 10.6 Å². The molecule has 2 heterocycles. The number of hydrogen-bond donors (Lipinski definition) is 2. The molecule has 1 aliphatic rings. The molecule has 1 aromatic heterocycles. The van der Waals surface area contributed by atoms with Crippen molar-refractivity contribution in [3.05, 3.63) is 16.3 Å². The zero-order chi connectivity index (χ0) is 14.6. The van der Waals surface area contributed by atoms with E-state index in [1.807, 2.05) is 0 Å². The summed E-state index contributed by atoms with van der Waals surface area (Å²) in [5, 5.41) is 1.77. The number of hydrogen-bond acceptors (Lipinski definition) is 5. The van der Waals surface area contributed by atoms with Gasteiger partial charge in [0, 0.05) is 18.0 Å². The fourth-order valence-electron chi connectivity index (χ4n) is 2.54. The molecular weight excluding hydrogens is 294 g/mol. The van der Waals surface area contributed by atoms with E-state index in [4.69, 9.17) is 5.73 Å². The summed E-state index contributed by atoms with van der Waals surface area (Å²) in [5.74, 6) is 0.630. The fourth-order valence-corrected chi connectivity index (χ4v) is 4.92. The van der Waals surface area contributed by atoms with E-state index in [2.05, 4.69) is 16.7 Å². The largest absolute Gasteiger partial charge is 0.326 e. The van der Waals surface area contributed by atoms with Crippen LogP contribution in [-0.4, -0.2) is 40.0 Å². The van der Waals surface area contributed by atoms with Crippen LogP contribution in [0.2, 0.25) is 0 Å². The lowest BCUT2D eigenvalue weighted by Crippen LogP contribution is -2.32. The summed E-state index contributed by atoms with van der Waals surface area (Å²) in [6.45, 7) is 3.00. The number of sulfonamides is 1. The predicted molar refractivity (Wildman–Crippen MR) is 82.2 cm³/mol. The average molecular weight is 317 g/mol. The third-order valence-electron chi connectivity index (χ3n) is 3.86. The molecule has 0 saturated carbocycles. The Kier molecular flexibility index (Phi) is 5.57. The maximum atomic E-state index is 12.2. The maximum Gasteiger partial charge on any atom is 0.241 e. The zero-order valence-electron chi connectivity index (χ0n) is 11.8. The SMILES string of the molecule is CN1CCC(CCNS(=O)(=O)c2ccsc2CN)CC1. The van der Waals surface area contributed by atoms with Crippen molar-refractivity contribution < 1.29 is 8.42 Å². The second-order valence-electron chi connectivity index (χ2n) is 5.35. The van der Waals surface area contributed by atoms with E-state index in [0.29, 0.717) is 17.4 Å². The molecule has 0 atom stereocenters. The van der Waals surface area contributed by atoms with E-state index in [1.165, 1.54) is 11.3 Å². The van der Waals surface area contributed by atoms with E-state index >= 15 is 0 Å². The van der Waals surface area contributed by atoms with Gasteiger partial charge in [-0.2, -0.15) is 0 Å². The van der Waals surface area contributed by atoms with Gasteiger partial charge >= 0.3 is 0 Å². The van der Waals surface area contributed by atoms with Crippen molar-refractivity contribution in [3.63, 3.8) is 0 Å². The minimum atomic E-state index is -3.40. The molecule has 1 aromatic rings. The van der Waals surface area contributed by atoms with Crippen LogP contribution < -0.4 is 10.5 Å². The van der Waals surface area contributed by atoms with Crippen molar-refractivity contribution in [2.24, 2.45) is 11.7 Å². The van der Waals surface area contributed by atoms with Crippen LogP contribution in [0.5, 0.6) is 0 Å². The molecule has 7 heteroatoms. The van der Waals surface area contributed by atoms with Crippen molar-refractivity contribution in [2.75, 3.05) is 26.7 Å². The van der Waals surface area contributed by atoms with Crippen molar-refractivity contribution >= 4 is 21.4 Å². The van der Waals surface area contributed by atoms with Gasteiger partial charge in [0.2, 0.25) is 10.0 Å². The molecule has 1 saturated heterocycles. The second-order valence-corrected chi connectivity index (χ2v) is 8.08. The third-order valence-corrected chi connectivity index (χ3v) is 6.48. The maximum absolute atomic E-state index is 12.2. The summed E-state index contributed by atoms with van der Waals surface area (Å²) in [4.78, 5) is 3.38. The van der Waals surface area contributed by atoms with Gasteiger partial charge in [0.05, 0.1) is 4.90 Å². The number of nitrogens with zero attached hydrogens (tertiary/aromatic N) is 1. The Hall–Kier alpha value is -0.470. The molecule has 0 spiro atoms. The molecule has 1 fully saturated rings. The molecule has 114 valence electrons. The number of likely N-dealkylation sites (tertiary alicyclic amines) is 1. The number of nitrogens with one attached hydrogen (secondary N) is 1. The van der Waals surface area contributed by atoms with Gasteiger partial charge in [-0.3, -0.25) is 0 Å². The van der Waals surface area contributed by atoms with Gasteiger partial charge in [0.15, 0.2) is 0 Å². The molecule has 3 N–H and O–H groups in total. The molecule has 0 bridgehead atoms. The number of nitrogens with two attached hydrogens (primary N) is 1. The normalized spacial score (nSPS) is 18.5. The summed E-state index contributed by atoms with van der Waals surface area (Å²) < 4.78 is 27.1. The highest BCUT2D eigenvalue weighted by Gasteiger charge is 2.20. The highest BCUT2D eigenvalue weighted by molar-refractivity contribution is 7.89. The van der Waals surface area contributed by atoms with E-state index in [0.717, 1.165) is 37.2 Å². The van der Waals surface area contributed by atoms with Crippen molar-refractivity contribution in [1.82, 2.24) is 9.62 Å². The summed E-state index contributed by atoms with van der Waals surface area (Å²) in [6.07, 6.45) is 3.23. The zero-order valence-corrected chi connectivity index (χ0v) is 13.5. The molecule has 20 heavy (non-hydrogen) atoms. The van der Waals surface area contributed by atoms with Crippen LogP contribution in [0.3, 0.4) is 0 Å². The molecule has 0 aromatic carbocycles. The Balaban J connectivity index is 1.84. The molecule has 0 aliphatic carbocycles. The first kappa shape index (κ1) is 15.9. The molecule has 1 aliphatic heterocycles. The van der Waals surface area contributed by atoms with Gasteiger partial charge in [-0.15, -0.1) is 11.3 Å². The van der Waals surface area contributed by atoms with Gasteiger partial charge in [0.25, 0.3) is 0 Å². The first-order valence-corrected chi connectivity index (χ1v) is 9.34. The second kappa shape index (κ2) is 7.00. The average Bonchev–Trinajstić information content (AvgIpc) is 2.90. The van der Waals surface area contributed by atoms with Crippen LogP contribution in [0.25, 0.3) is 0 Å². The Morgan fingerprint density at radius 2 is 2.15 bits per heavy atom. The van der Waals surface area contributed by atoms with E-state index in [1.54, 1.807) is 11.4 Å². The molecular formula is C13H23N3O2S2. The fraction of sp³-hybridized carbons (Fsp3) is 0.692. The Bertz CT molecular complexity index is 519. The molecule has 2 rings (SSSR count). The lowest BCUT2D eigenvalue weighted by molar-refractivity contribution is 0.213. The van der Waals surface area contributed by atoms with Crippen molar-refractivity contribution in [1.29, 1.82) is 0 Å². The summed E-state index contributed by atoms with van der Waals surface area (Å²) in [7, 11) is -1.27. The van der Waals surface area contributed by atoms with Crippen LogP contribution in [0, 0.1) is 5.92 Å². The summed E-state index contributed by atoms with van der Waals surface area (Å²) in [5.41, 5.74) is 5.56. The van der Waals surface area contributed by atoms with E-state index < -0.39 is 10.0 Å². The third kappa shape index (κ3) is 4.02. The Morgan fingerprint density at radius 3 is 2.80 bits per heavy atom. The smallest absolute Gasteiger partial charge is 0.241 e. The monoisotopic (exact) mass is 317 g/mol. The highest BCUT2D eigenvalue weighted by Crippen LogP contribution is 2.22. The van der Waals surface area contributed by atoms with Crippen LogP contribution in [0.4, 0.5) is 0 Å². The summed E-state index contributed by atoms with van der Waals surface area (Å²) >= 11 is 1.39. The topological polar surface area (TPSA) is 75.4 Å². The van der Waals surface area contributed by atoms with Gasteiger partial charge in [-0.1, -0.05) is 0 Å². The van der Waals surface area contributed by atoms with Crippen LogP contribution in [0.15, 0.2) is 16.3 Å². The van der Waals surface area contributed by atoms with Crippen molar-refractivity contribution in [3.8, 4) is 0 Å². The Morgan fingerprint density at radius 1 is 1.45 bits per heavy atom. The quantitative estimate of drug-likeness (QED) is 0.827. The number of piperidine rings is 1. The van der Waals surface area contributed by atoms with E-state index in [-0.39, 0.29) is 6.54 Å². The van der Waals surface area contributed by atoms with Crippen LogP contribution in [0.1, 0.15) is 24.1 Å². The highest BCUT2D eigenvalue weighted by atomic mass is 32.2. The van der Waals surface area contributed by atoms with Gasteiger partial charge in [0.1, 0.15) is 0 Å². The van der Waals surface area contributed by atoms with Crippen LogP contribution >= 0.6 is 11.3 Å². The molecule has 5 nitrogen and oxygen atoms in total. The van der Waals surface area contributed by atoms with Crippen molar-refractivity contribution in [2.45, 2.75) is 30.7 Å². The lowest BCUT2D eigenvalue weighted by atomic mass is 9.94. The van der Waals surface area contributed by atoms with E-state index in [9.17, 15) is 8.42 Å². The lowest BCUT2D eigenvalue weighted by Gasteiger charge is -2.28. The minimum Gasteiger partial charge on any atom is -0.326 e. The van der Waals surface area contributed by atoms with Gasteiger partial charge in [-0.05, 0) is 56.8 Å². The predicted octanol–water partition coefficient (Wildman–Crippen LogP) is 1.22. The first-order valence-electron chi connectivity index (χ1n) is 6.97. The Labute approximate surface area is 125 Å². The molecule has 0 amide bonds. The first-order chi connectivity index (χ1) is 9.53. The standard InChI is InChI=1S/C13H23N3O2S2/c1-16-7-3-11(4-8-16)2-6-15-20(17,18)13-5-9-19-12(13)10-14/h5,9,11,15H,2-4,6-8,10,14H2,1H3. The number of rotatable bonds is 6. The van der Waals surface area contributed by atoms with Crippen LogP contribution in [-0.2, 0) is 16.6 Å². The number of thiophene rings is 1. The molecule has 0 radical (unpaired) electrons. The summed E-state index contributed by atoms with van der Waals surface area (Å²) in [6, 6.07) is 1.63. The minimum absolute atomic E-state index is 0.267. The van der Waals surface area contributed by atoms with Gasteiger partial charge in [-0.25, -0.2) is 13.1 Å².